The SMILES string of the molecule is Cc1cc(=O)oc2cc(NC(=S)NC(C)c3ccc(C(C)C)cc3)ccc12. The first-order valence-corrected chi connectivity index (χ1v) is 9.46. The molecule has 1 atom stereocenters. The second kappa shape index (κ2) is 7.92. The summed E-state index contributed by atoms with van der Waals surface area (Å²) in [5.41, 5.74) is 4.35. The number of nitrogens with one attached hydrogen (secondary N) is 2. The summed E-state index contributed by atoms with van der Waals surface area (Å²) in [5.74, 6) is 0.515. The van der Waals surface area contributed by atoms with E-state index < -0.39 is 0 Å². The number of benzene rings is 2. The van der Waals surface area contributed by atoms with Crippen molar-refractivity contribution < 1.29 is 4.42 Å². The van der Waals surface area contributed by atoms with E-state index in [-0.39, 0.29) is 11.7 Å². The monoisotopic (exact) mass is 380 g/mol. The minimum Gasteiger partial charge on any atom is -0.423 e. The fraction of sp³-hybridized carbons (Fsp3) is 0.273. The van der Waals surface area contributed by atoms with Gasteiger partial charge in [-0.15, -0.1) is 0 Å². The van der Waals surface area contributed by atoms with Crippen LogP contribution in [0.2, 0.25) is 0 Å². The highest BCUT2D eigenvalue weighted by Gasteiger charge is 2.09. The molecule has 0 radical (unpaired) electrons. The summed E-state index contributed by atoms with van der Waals surface area (Å²) in [4.78, 5) is 11.6. The van der Waals surface area contributed by atoms with Crippen LogP contribution in [0.1, 0.15) is 49.4 Å². The molecule has 2 N–H and O–H groups in total. The van der Waals surface area contributed by atoms with Crippen molar-refractivity contribution >= 4 is 34.0 Å². The molecule has 140 valence electrons. The van der Waals surface area contributed by atoms with E-state index in [4.69, 9.17) is 16.6 Å². The first-order chi connectivity index (χ1) is 12.8. The zero-order valence-corrected chi connectivity index (χ0v) is 16.8. The van der Waals surface area contributed by atoms with E-state index in [1.807, 2.05) is 19.1 Å². The van der Waals surface area contributed by atoms with Gasteiger partial charge < -0.3 is 15.1 Å². The first kappa shape index (κ1) is 19.1. The van der Waals surface area contributed by atoms with Crippen LogP contribution in [-0.2, 0) is 0 Å². The summed E-state index contributed by atoms with van der Waals surface area (Å²) < 4.78 is 5.29. The van der Waals surface area contributed by atoms with Crippen molar-refractivity contribution in [1.29, 1.82) is 0 Å². The van der Waals surface area contributed by atoms with Crippen LogP contribution in [0.25, 0.3) is 11.0 Å². The maximum atomic E-state index is 11.6. The zero-order chi connectivity index (χ0) is 19.6. The van der Waals surface area contributed by atoms with Gasteiger partial charge in [0.05, 0.1) is 6.04 Å². The van der Waals surface area contributed by atoms with Gasteiger partial charge in [-0.1, -0.05) is 38.1 Å². The average Bonchev–Trinajstić information content (AvgIpc) is 2.61. The first-order valence-electron chi connectivity index (χ1n) is 9.05. The molecule has 1 heterocycles. The molecule has 0 amide bonds. The van der Waals surface area contributed by atoms with Crippen LogP contribution < -0.4 is 16.3 Å². The molecule has 0 aliphatic heterocycles. The summed E-state index contributed by atoms with van der Waals surface area (Å²) >= 11 is 5.44. The number of aryl methyl sites for hydroxylation is 1. The lowest BCUT2D eigenvalue weighted by Crippen LogP contribution is -2.30. The van der Waals surface area contributed by atoms with Gasteiger partial charge >= 0.3 is 5.63 Å². The number of fused-ring (bicyclic) bond motifs is 1. The molecule has 2 aromatic carbocycles. The number of rotatable bonds is 4. The van der Waals surface area contributed by atoms with Crippen molar-refractivity contribution in [3.8, 4) is 0 Å². The molecule has 27 heavy (non-hydrogen) atoms. The molecule has 1 aromatic heterocycles. The van der Waals surface area contributed by atoms with Gasteiger partial charge in [0.15, 0.2) is 5.11 Å². The second-order valence-electron chi connectivity index (χ2n) is 7.10. The zero-order valence-electron chi connectivity index (χ0n) is 16.0. The van der Waals surface area contributed by atoms with Gasteiger partial charge in [-0.05, 0) is 60.8 Å². The molecule has 0 saturated carbocycles. The predicted molar refractivity (Wildman–Crippen MR) is 116 cm³/mol. The normalized spacial score (nSPS) is 12.2. The molecular weight excluding hydrogens is 356 g/mol. The maximum absolute atomic E-state index is 11.6. The van der Waals surface area contributed by atoms with E-state index in [0.29, 0.717) is 16.6 Å². The Morgan fingerprint density at radius 3 is 2.33 bits per heavy atom. The van der Waals surface area contributed by atoms with Crippen LogP contribution >= 0.6 is 12.2 Å². The largest absolute Gasteiger partial charge is 0.423 e. The van der Waals surface area contributed by atoms with Crippen molar-refractivity contribution in [2.24, 2.45) is 0 Å². The molecule has 0 spiro atoms. The summed E-state index contributed by atoms with van der Waals surface area (Å²) in [6.45, 7) is 8.33. The molecule has 3 aromatic rings. The summed E-state index contributed by atoms with van der Waals surface area (Å²) in [7, 11) is 0. The molecule has 0 aliphatic rings. The van der Waals surface area contributed by atoms with E-state index in [0.717, 1.165) is 16.6 Å². The van der Waals surface area contributed by atoms with E-state index in [1.54, 1.807) is 6.07 Å². The van der Waals surface area contributed by atoms with Crippen LogP contribution in [0.4, 0.5) is 5.69 Å². The maximum Gasteiger partial charge on any atom is 0.336 e. The van der Waals surface area contributed by atoms with Crippen LogP contribution in [0.5, 0.6) is 0 Å². The number of anilines is 1. The van der Waals surface area contributed by atoms with E-state index in [2.05, 4.69) is 55.7 Å². The fourth-order valence-electron chi connectivity index (χ4n) is 3.02. The Kier molecular flexibility index (Phi) is 5.61. The van der Waals surface area contributed by atoms with Crippen molar-refractivity contribution in [1.82, 2.24) is 5.32 Å². The molecule has 5 heteroatoms. The smallest absolute Gasteiger partial charge is 0.336 e. The minimum absolute atomic E-state index is 0.0758. The molecule has 1 unspecified atom stereocenters. The highest BCUT2D eigenvalue weighted by atomic mass is 32.1. The van der Waals surface area contributed by atoms with Crippen molar-refractivity contribution in [3.05, 3.63) is 75.6 Å². The number of hydrogen-bond acceptors (Lipinski definition) is 3. The quantitative estimate of drug-likeness (QED) is 0.477. The van der Waals surface area contributed by atoms with E-state index in [9.17, 15) is 4.79 Å². The van der Waals surface area contributed by atoms with Gasteiger partial charge in [0.2, 0.25) is 0 Å². The molecule has 0 bridgehead atoms. The van der Waals surface area contributed by atoms with E-state index in [1.165, 1.54) is 17.2 Å². The minimum atomic E-state index is -0.351. The standard InChI is InChI=1S/C22H24N2O2S/c1-13(2)16-5-7-17(8-6-16)15(4)23-22(27)24-18-9-10-19-14(3)11-21(25)26-20(19)12-18/h5-13,15H,1-4H3,(H2,23,24,27). The summed E-state index contributed by atoms with van der Waals surface area (Å²) in [6.07, 6.45) is 0. The highest BCUT2D eigenvalue weighted by Crippen LogP contribution is 2.21. The Labute approximate surface area is 164 Å². The second-order valence-corrected chi connectivity index (χ2v) is 7.51. The Bertz CT molecular complexity index is 1020. The van der Waals surface area contributed by atoms with Gasteiger partial charge in [-0.25, -0.2) is 4.79 Å². The Morgan fingerprint density at radius 2 is 1.67 bits per heavy atom. The average molecular weight is 381 g/mol. The topological polar surface area (TPSA) is 54.3 Å². The van der Waals surface area contributed by atoms with Crippen LogP contribution in [0, 0.1) is 6.92 Å². The van der Waals surface area contributed by atoms with E-state index >= 15 is 0 Å². The molecule has 3 rings (SSSR count). The highest BCUT2D eigenvalue weighted by molar-refractivity contribution is 7.80. The molecular formula is C22H24N2O2S. The third-order valence-corrected chi connectivity index (χ3v) is 4.88. The van der Waals surface area contributed by atoms with Crippen molar-refractivity contribution in [3.63, 3.8) is 0 Å². The molecule has 0 aliphatic carbocycles. The third-order valence-electron chi connectivity index (χ3n) is 4.66. The van der Waals surface area contributed by atoms with Crippen molar-refractivity contribution in [2.45, 2.75) is 39.7 Å². The third kappa shape index (κ3) is 4.55. The van der Waals surface area contributed by atoms with Gasteiger partial charge in [-0.2, -0.15) is 0 Å². The predicted octanol–water partition coefficient (Wildman–Crippen LogP) is 5.27. The van der Waals surface area contributed by atoms with Crippen LogP contribution in [0.3, 0.4) is 0 Å². The fourth-order valence-corrected chi connectivity index (χ4v) is 3.31. The van der Waals surface area contributed by atoms with Crippen LogP contribution in [-0.4, -0.2) is 5.11 Å². The number of hydrogen-bond donors (Lipinski definition) is 2. The lowest BCUT2D eigenvalue weighted by atomic mass is 10.00. The van der Waals surface area contributed by atoms with Crippen molar-refractivity contribution in [2.75, 3.05) is 5.32 Å². The Morgan fingerprint density at radius 1 is 1.00 bits per heavy atom. The Balaban J connectivity index is 1.69. The number of thiocarbonyl (C=S) groups is 1. The molecule has 0 saturated heterocycles. The summed E-state index contributed by atoms with van der Waals surface area (Å²) in [6, 6.07) is 15.8. The van der Waals surface area contributed by atoms with Crippen LogP contribution in [0.15, 0.2) is 57.7 Å². The van der Waals surface area contributed by atoms with Gasteiger partial charge in [0, 0.05) is 23.2 Å². The van der Waals surface area contributed by atoms with Gasteiger partial charge in [-0.3, -0.25) is 0 Å². The van der Waals surface area contributed by atoms with Gasteiger partial charge in [0.25, 0.3) is 0 Å². The van der Waals surface area contributed by atoms with Gasteiger partial charge in [0.1, 0.15) is 5.58 Å². The lowest BCUT2D eigenvalue weighted by molar-refractivity contribution is 0.560. The molecule has 4 nitrogen and oxygen atoms in total. The molecule has 0 fully saturated rings. The lowest BCUT2D eigenvalue weighted by Gasteiger charge is -2.18. The summed E-state index contributed by atoms with van der Waals surface area (Å²) in [5, 5.41) is 7.89. The Hall–Kier alpha value is -2.66.